The highest BCUT2D eigenvalue weighted by molar-refractivity contribution is 9.10. The van der Waals surface area contributed by atoms with Gasteiger partial charge in [-0.05, 0) is 25.1 Å². The van der Waals surface area contributed by atoms with Crippen LogP contribution in [0.25, 0.3) is 0 Å². The van der Waals surface area contributed by atoms with Crippen molar-refractivity contribution in [1.82, 2.24) is 4.90 Å². The molecule has 1 amide bonds. The van der Waals surface area contributed by atoms with Crippen LogP contribution in [0.4, 0.5) is 4.39 Å². The molecule has 19 heavy (non-hydrogen) atoms. The lowest BCUT2D eigenvalue weighted by molar-refractivity contribution is -0.0668. The molecular formula is C13H15BrFNO3. The number of rotatable bonds is 2. The molecule has 1 saturated heterocycles. The summed E-state index contributed by atoms with van der Waals surface area (Å²) in [4.78, 5) is 13.9. The van der Waals surface area contributed by atoms with E-state index in [1.807, 2.05) is 6.92 Å². The highest BCUT2D eigenvalue weighted by Gasteiger charge is 2.31. The average Bonchev–Trinajstić information content (AvgIpc) is 2.38. The molecule has 1 N–H and O–H groups in total. The first-order valence-electron chi connectivity index (χ1n) is 6.01. The second-order valence-electron chi connectivity index (χ2n) is 4.57. The maximum absolute atomic E-state index is 13.8. The standard InChI is InChI=1S/C13H15BrFNO3/c1-8-7-19-10(6-17)5-16(8)13(18)11-3-2-9(14)4-12(11)15/h2-4,8,10,17H,5-7H2,1H3. The van der Waals surface area contributed by atoms with Crippen LogP contribution in [0.5, 0.6) is 0 Å². The van der Waals surface area contributed by atoms with Crippen molar-refractivity contribution in [3.8, 4) is 0 Å². The van der Waals surface area contributed by atoms with Gasteiger partial charge in [-0.25, -0.2) is 4.39 Å². The van der Waals surface area contributed by atoms with Crippen molar-refractivity contribution in [3.05, 3.63) is 34.1 Å². The Balaban J connectivity index is 2.22. The van der Waals surface area contributed by atoms with Crippen LogP contribution in [0.2, 0.25) is 0 Å². The average molecular weight is 332 g/mol. The van der Waals surface area contributed by atoms with E-state index in [-0.39, 0.29) is 30.7 Å². The fourth-order valence-electron chi connectivity index (χ4n) is 2.03. The third-order valence-electron chi connectivity index (χ3n) is 3.13. The fourth-order valence-corrected chi connectivity index (χ4v) is 2.36. The number of ether oxygens (including phenoxy) is 1. The van der Waals surface area contributed by atoms with Crippen LogP contribution in [0, 0.1) is 5.82 Å². The third kappa shape index (κ3) is 3.13. The van der Waals surface area contributed by atoms with Gasteiger partial charge in [-0.3, -0.25) is 4.79 Å². The van der Waals surface area contributed by atoms with Crippen molar-refractivity contribution in [2.24, 2.45) is 0 Å². The number of halogens is 2. The van der Waals surface area contributed by atoms with E-state index in [0.717, 1.165) is 0 Å². The van der Waals surface area contributed by atoms with Crippen molar-refractivity contribution in [3.63, 3.8) is 0 Å². The lowest BCUT2D eigenvalue weighted by Crippen LogP contribution is -2.52. The Morgan fingerprint density at radius 3 is 3.00 bits per heavy atom. The predicted octanol–water partition coefficient (Wildman–Crippen LogP) is 1.81. The Bertz CT molecular complexity index is 483. The molecule has 6 heteroatoms. The summed E-state index contributed by atoms with van der Waals surface area (Å²) >= 11 is 3.16. The molecular weight excluding hydrogens is 317 g/mol. The number of carbonyl (C=O) groups is 1. The summed E-state index contributed by atoms with van der Waals surface area (Å²) in [5.74, 6) is -0.933. The lowest BCUT2D eigenvalue weighted by atomic mass is 10.1. The van der Waals surface area contributed by atoms with Gasteiger partial charge < -0.3 is 14.7 Å². The van der Waals surface area contributed by atoms with Crippen LogP contribution in [-0.2, 0) is 4.74 Å². The molecule has 2 rings (SSSR count). The molecule has 104 valence electrons. The minimum absolute atomic E-state index is 0.0358. The van der Waals surface area contributed by atoms with Gasteiger partial charge in [0, 0.05) is 11.0 Å². The second-order valence-corrected chi connectivity index (χ2v) is 5.48. The number of benzene rings is 1. The van der Waals surface area contributed by atoms with E-state index in [9.17, 15) is 9.18 Å². The maximum atomic E-state index is 13.8. The minimum atomic E-state index is -0.557. The Hall–Kier alpha value is -0.980. The topological polar surface area (TPSA) is 49.8 Å². The summed E-state index contributed by atoms with van der Waals surface area (Å²) < 4.78 is 19.8. The Morgan fingerprint density at radius 1 is 1.63 bits per heavy atom. The van der Waals surface area contributed by atoms with E-state index < -0.39 is 11.9 Å². The molecule has 1 heterocycles. The van der Waals surface area contributed by atoms with Gasteiger partial charge in [0.15, 0.2) is 0 Å². The van der Waals surface area contributed by atoms with Crippen molar-refractivity contribution in [2.75, 3.05) is 19.8 Å². The lowest BCUT2D eigenvalue weighted by Gasteiger charge is -2.37. The molecule has 2 atom stereocenters. The first-order chi connectivity index (χ1) is 9.02. The molecule has 1 aromatic rings. The first-order valence-corrected chi connectivity index (χ1v) is 6.80. The summed E-state index contributed by atoms with van der Waals surface area (Å²) in [5, 5.41) is 9.10. The van der Waals surface area contributed by atoms with E-state index >= 15 is 0 Å². The summed E-state index contributed by atoms with van der Waals surface area (Å²) in [5.41, 5.74) is 0.0358. The number of hydrogen-bond acceptors (Lipinski definition) is 3. The predicted molar refractivity (Wildman–Crippen MR) is 71.4 cm³/mol. The van der Waals surface area contributed by atoms with Gasteiger partial charge in [0.25, 0.3) is 5.91 Å². The van der Waals surface area contributed by atoms with Gasteiger partial charge >= 0.3 is 0 Å². The van der Waals surface area contributed by atoms with Crippen LogP contribution in [-0.4, -0.2) is 47.8 Å². The van der Waals surface area contributed by atoms with Gasteiger partial charge in [0.2, 0.25) is 0 Å². The van der Waals surface area contributed by atoms with Crippen molar-refractivity contribution in [1.29, 1.82) is 0 Å². The molecule has 1 aliphatic rings. The van der Waals surface area contributed by atoms with E-state index in [0.29, 0.717) is 11.1 Å². The summed E-state index contributed by atoms with van der Waals surface area (Å²) in [6, 6.07) is 4.21. The molecule has 2 unspecified atom stereocenters. The van der Waals surface area contributed by atoms with Crippen molar-refractivity contribution in [2.45, 2.75) is 19.1 Å². The van der Waals surface area contributed by atoms with Crippen molar-refractivity contribution >= 4 is 21.8 Å². The number of aliphatic hydroxyl groups excluding tert-OH is 1. The van der Waals surface area contributed by atoms with E-state index in [2.05, 4.69) is 15.9 Å². The Kier molecular flexibility index (Phi) is 4.54. The van der Waals surface area contributed by atoms with Gasteiger partial charge in [-0.2, -0.15) is 0 Å². The normalized spacial score (nSPS) is 23.5. The van der Waals surface area contributed by atoms with E-state index in [1.165, 1.54) is 17.0 Å². The monoisotopic (exact) mass is 331 g/mol. The van der Waals surface area contributed by atoms with Crippen LogP contribution in [0.1, 0.15) is 17.3 Å². The molecule has 1 fully saturated rings. The number of morpholine rings is 1. The number of nitrogens with zero attached hydrogens (tertiary/aromatic N) is 1. The van der Waals surface area contributed by atoms with Crippen LogP contribution >= 0.6 is 15.9 Å². The fraction of sp³-hybridized carbons (Fsp3) is 0.462. The summed E-state index contributed by atoms with van der Waals surface area (Å²) in [7, 11) is 0. The smallest absolute Gasteiger partial charge is 0.257 e. The molecule has 1 aromatic carbocycles. The zero-order valence-electron chi connectivity index (χ0n) is 10.5. The highest BCUT2D eigenvalue weighted by Crippen LogP contribution is 2.20. The third-order valence-corrected chi connectivity index (χ3v) is 3.62. The molecule has 0 bridgehead atoms. The first kappa shape index (κ1) is 14.4. The molecule has 0 saturated carbocycles. The van der Waals surface area contributed by atoms with Crippen molar-refractivity contribution < 1.29 is 19.0 Å². The SMILES string of the molecule is CC1COC(CO)CN1C(=O)c1ccc(Br)cc1F. The van der Waals surface area contributed by atoms with E-state index in [1.54, 1.807) is 6.07 Å². The molecule has 1 aliphatic heterocycles. The number of aliphatic hydroxyl groups is 1. The number of carbonyl (C=O) groups excluding carboxylic acids is 1. The molecule has 0 radical (unpaired) electrons. The largest absolute Gasteiger partial charge is 0.394 e. The number of amides is 1. The zero-order valence-corrected chi connectivity index (χ0v) is 12.1. The molecule has 4 nitrogen and oxygen atoms in total. The molecule has 0 aliphatic carbocycles. The summed E-state index contributed by atoms with van der Waals surface area (Å²) in [6.07, 6.45) is -0.404. The number of hydrogen-bond donors (Lipinski definition) is 1. The second kappa shape index (κ2) is 5.98. The van der Waals surface area contributed by atoms with Gasteiger partial charge in [0.05, 0.1) is 30.9 Å². The Morgan fingerprint density at radius 2 is 2.37 bits per heavy atom. The van der Waals surface area contributed by atoms with Crippen LogP contribution in [0.3, 0.4) is 0 Å². The Labute approximate surface area is 119 Å². The molecule has 0 spiro atoms. The van der Waals surface area contributed by atoms with E-state index in [4.69, 9.17) is 9.84 Å². The van der Waals surface area contributed by atoms with Gasteiger partial charge in [-0.1, -0.05) is 15.9 Å². The summed E-state index contributed by atoms with van der Waals surface area (Å²) in [6.45, 7) is 2.29. The maximum Gasteiger partial charge on any atom is 0.257 e. The van der Waals surface area contributed by atoms with Crippen LogP contribution < -0.4 is 0 Å². The zero-order chi connectivity index (χ0) is 14.0. The van der Waals surface area contributed by atoms with Crippen LogP contribution in [0.15, 0.2) is 22.7 Å². The minimum Gasteiger partial charge on any atom is -0.394 e. The van der Waals surface area contributed by atoms with Gasteiger partial charge in [0.1, 0.15) is 5.82 Å². The molecule has 0 aromatic heterocycles. The highest BCUT2D eigenvalue weighted by atomic mass is 79.9. The van der Waals surface area contributed by atoms with Gasteiger partial charge in [-0.15, -0.1) is 0 Å². The quantitative estimate of drug-likeness (QED) is 0.899.